The summed E-state index contributed by atoms with van der Waals surface area (Å²) < 4.78 is 0.976. The average Bonchev–Trinajstić information content (AvgIpc) is 2.68. The maximum absolute atomic E-state index is 12.4. The van der Waals surface area contributed by atoms with Gasteiger partial charge in [-0.25, -0.2) is 0 Å². The van der Waals surface area contributed by atoms with Crippen LogP contribution < -0.4 is 0 Å². The molecule has 1 aromatic heterocycles. The Morgan fingerprint density at radius 1 is 1.53 bits per heavy atom. The highest BCUT2D eigenvalue weighted by molar-refractivity contribution is 9.11. The molecule has 1 saturated heterocycles. The van der Waals surface area contributed by atoms with Gasteiger partial charge in [0.05, 0.1) is 14.6 Å². The van der Waals surface area contributed by atoms with E-state index in [1.165, 1.54) is 11.3 Å². The van der Waals surface area contributed by atoms with Crippen molar-refractivity contribution in [3.63, 3.8) is 0 Å². The van der Waals surface area contributed by atoms with E-state index >= 15 is 0 Å². The lowest BCUT2D eigenvalue weighted by molar-refractivity contribution is -0.145. The Morgan fingerprint density at radius 3 is 2.68 bits per heavy atom. The van der Waals surface area contributed by atoms with Crippen molar-refractivity contribution < 1.29 is 14.7 Å². The van der Waals surface area contributed by atoms with Crippen LogP contribution in [0.5, 0.6) is 0 Å². The summed E-state index contributed by atoms with van der Waals surface area (Å²) in [5.74, 6) is -1.08. The molecule has 0 bridgehead atoms. The Bertz CT molecular complexity index is 494. The molecule has 1 fully saturated rings. The number of carbonyl (C=O) groups excluding carboxylic acids is 1. The molecule has 0 aromatic carbocycles. The number of hydrogen-bond acceptors (Lipinski definition) is 3. The summed E-state index contributed by atoms with van der Waals surface area (Å²) in [6, 6.07) is 1.88. The number of thiophene rings is 1. The van der Waals surface area contributed by atoms with Gasteiger partial charge in [-0.2, -0.15) is 0 Å². The number of carbonyl (C=O) groups is 2. The zero-order valence-electron chi connectivity index (χ0n) is 10.9. The average molecular weight is 346 g/mol. The van der Waals surface area contributed by atoms with Crippen LogP contribution in [0.25, 0.3) is 0 Å². The molecule has 2 heterocycles. The Hall–Kier alpha value is -0.880. The van der Waals surface area contributed by atoms with Crippen molar-refractivity contribution >= 4 is 39.1 Å². The van der Waals surface area contributed by atoms with Gasteiger partial charge in [0.15, 0.2) is 0 Å². The van der Waals surface area contributed by atoms with Crippen LogP contribution in [0.15, 0.2) is 9.85 Å². The van der Waals surface area contributed by atoms with E-state index in [9.17, 15) is 9.59 Å². The number of carboxylic acids is 1. The van der Waals surface area contributed by atoms with Crippen LogP contribution in [0.1, 0.15) is 28.6 Å². The summed E-state index contributed by atoms with van der Waals surface area (Å²) in [6.07, 6.45) is 0.535. The van der Waals surface area contributed by atoms with Crippen LogP contribution in [-0.4, -0.2) is 35.0 Å². The number of likely N-dealkylation sites (tertiary alicyclic amines) is 1. The van der Waals surface area contributed by atoms with E-state index in [4.69, 9.17) is 5.11 Å². The Kier molecular flexibility index (Phi) is 4.30. The minimum Gasteiger partial charge on any atom is -0.481 e. The molecular formula is C13H16BrNO3S. The number of hydrogen-bond donors (Lipinski definition) is 1. The van der Waals surface area contributed by atoms with Crippen LogP contribution in [0.3, 0.4) is 0 Å². The van der Waals surface area contributed by atoms with Crippen LogP contribution in [0.4, 0.5) is 0 Å². The molecule has 0 saturated carbocycles. The molecule has 2 unspecified atom stereocenters. The first kappa shape index (κ1) is 14.5. The fraction of sp³-hybridized carbons (Fsp3) is 0.538. The predicted molar refractivity (Wildman–Crippen MR) is 77.6 cm³/mol. The van der Waals surface area contributed by atoms with E-state index in [0.29, 0.717) is 24.4 Å². The first-order valence-electron chi connectivity index (χ1n) is 6.18. The van der Waals surface area contributed by atoms with E-state index in [2.05, 4.69) is 15.9 Å². The molecule has 6 heteroatoms. The second-order valence-electron chi connectivity index (χ2n) is 5.03. The summed E-state index contributed by atoms with van der Waals surface area (Å²) in [5, 5.41) is 9.08. The first-order valence-corrected chi connectivity index (χ1v) is 7.79. The van der Waals surface area contributed by atoms with Crippen LogP contribution >= 0.6 is 27.3 Å². The van der Waals surface area contributed by atoms with Crippen molar-refractivity contribution in [3.8, 4) is 0 Å². The van der Waals surface area contributed by atoms with Gasteiger partial charge in [-0.1, -0.05) is 6.92 Å². The van der Waals surface area contributed by atoms with E-state index in [1.54, 1.807) is 4.90 Å². The van der Waals surface area contributed by atoms with Gasteiger partial charge in [-0.15, -0.1) is 11.3 Å². The van der Waals surface area contributed by atoms with Crippen molar-refractivity contribution in [1.82, 2.24) is 4.90 Å². The second kappa shape index (κ2) is 5.63. The highest BCUT2D eigenvalue weighted by Crippen LogP contribution is 2.30. The third-order valence-electron chi connectivity index (χ3n) is 3.58. The SMILES string of the molecule is Cc1cc(C(=O)N2CCC(C(=O)O)C(C)C2)sc1Br. The zero-order valence-corrected chi connectivity index (χ0v) is 13.3. The normalized spacial score (nSPS) is 23.4. The maximum Gasteiger partial charge on any atom is 0.306 e. The first-order chi connectivity index (χ1) is 8.90. The van der Waals surface area contributed by atoms with E-state index < -0.39 is 5.97 Å². The lowest BCUT2D eigenvalue weighted by Crippen LogP contribution is -2.44. The number of nitrogens with zero attached hydrogens (tertiary/aromatic N) is 1. The lowest BCUT2D eigenvalue weighted by atomic mass is 9.87. The summed E-state index contributed by atoms with van der Waals surface area (Å²) >= 11 is 4.85. The minimum absolute atomic E-state index is 0.000278. The molecule has 2 rings (SSSR count). The van der Waals surface area contributed by atoms with Crippen molar-refractivity contribution in [2.45, 2.75) is 20.3 Å². The summed E-state index contributed by atoms with van der Waals surface area (Å²) in [7, 11) is 0. The van der Waals surface area contributed by atoms with Gasteiger partial charge >= 0.3 is 5.97 Å². The molecule has 19 heavy (non-hydrogen) atoms. The van der Waals surface area contributed by atoms with Gasteiger partial charge in [0.25, 0.3) is 5.91 Å². The van der Waals surface area contributed by atoms with E-state index in [1.807, 2.05) is 19.9 Å². The molecule has 0 radical (unpaired) electrons. The van der Waals surface area contributed by atoms with Crippen molar-refractivity contribution in [2.24, 2.45) is 11.8 Å². The highest BCUT2D eigenvalue weighted by atomic mass is 79.9. The van der Waals surface area contributed by atoms with Gasteiger partial charge in [-0.05, 0) is 46.8 Å². The smallest absolute Gasteiger partial charge is 0.306 e. The Labute approximate surface area is 124 Å². The summed E-state index contributed by atoms with van der Waals surface area (Å²) in [5.41, 5.74) is 1.06. The summed E-state index contributed by atoms with van der Waals surface area (Å²) in [4.78, 5) is 25.9. The molecule has 1 aliphatic rings. The molecule has 1 amide bonds. The largest absolute Gasteiger partial charge is 0.481 e. The van der Waals surface area contributed by atoms with Crippen LogP contribution in [0.2, 0.25) is 0 Å². The lowest BCUT2D eigenvalue weighted by Gasteiger charge is -2.34. The molecule has 2 atom stereocenters. The molecule has 0 aliphatic carbocycles. The van der Waals surface area contributed by atoms with Crippen molar-refractivity contribution in [3.05, 3.63) is 20.3 Å². The Morgan fingerprint density at radius 2 is 2.21 bits per heavy atom. The fourth-order valence-corrected chi connectivity index (χ4v) is 3.92. The molecule has 1 N–H and O–H groups in total. The number of aryl methyl sites for hydroxylation is 1. The second-order valence-corrected chi connectivity index (χ2v) is 7.40. The third kappa shape index (κ3) is 3.00. The quantitative estimate of drug-likeness (QED) is 0.896. The molecule has 1 aliphatic heterocycles. The number of carboxylic acid groups (broad SMARTS) is 1. The summed E-state index contributed by atoms with van der Waals surface area (Å²) in [6.45, 7) is 4.89. The van der Waals surface area contributed by atoms with Crippen LogP contribution in [0, 0.1) is 18.8 Å². The topological polar surface area (TPSA) is 57.6 Å². The Balaban J connectivity index is 2.08. The van der Waals surface area contributed by atoms with Crippen molar-refractivity contribution in [2.75, 3.05) is 13.1 Å². The third-order valence-corrected chi connectivity index (χ3v) is 5.70. The number of piperidine rings is 1. The van der Waals surface area contributed by atoms with Gasteiger partial charge in [0, 0.05) is 13.1 Å². The maximum atomic E-state index is 12.4. The number of amides is 1. The molecule has 4 nitrogen and oxygen atoms in total. The van der Waals surface area contributed by atoms with Gasteiger partial charge in [0.1, 0.15) is 0 Å². The highest BCUT2D eigenvalue weighted by Gasteiger charge is 2.33. The molecule has 1 aromatic rings. The van der Waals surface area contributed by atoms with Gasteiger partial charge in [-0.3, -0.25) is 9.59 Å². The minimum atomic E-state index is -0.755. The van der Waals surface area contributed by atoms with Gasteiger partial charge in [0.2, 0.25) is 0 Å². The number of halogens is 1. The fourth-order valence-electron chi connectivity index (χ4n) is 2.42. The number of aliphatic carboxylic acids is 1. The van der Waals surface area contributed by atoms with Gasteiger partial charge < -0.3 is 10.0 Å². The molecule has 0 spiro atoms. The number of rotatable bonds is 2. The predicted octanol–water partition coefficient (Wildman–Crippen LogP) is 3.00. The zero-order chi connectivity index (χ0) is 14.2. The molecular weight excluding hydrogens is 330 g/mol. The standard InChI is InChI=1S/C13H16BrNO3S/c1-7-5-10(19-11(7)14)12(16)15-4-3-9(13(17)18)8(2)6-15/h5,8-9H,3-4,6H2,1-2H3,(H,17,18). The van der Waals surface area contributed by atoms with E-state index in [-0.39, 0.29) is 17.7 Å². The molecule has 104 valence electrons. The van der Waals surface area contributed by atoms with Crippen LogP contribution in [-0.2, 0) is 4.79 Å². The monoisotopic (exact) mass is 345 g/mol. The van der Waals surface area contributed by atoms with Crippen molar-refractivity contribution in [1.29, 1.82) is 0 Å². The van der Waals surface area contributed by atoms with E-state index in [0.717, 1.165) is 9.35 Å².